The van der Waals surface area contributed by atoms with Gasteiger partial charge < -0.3 is 10.3 Å². The first kappa shape index (κ1) is 13.2. The molecular formula is C15H17F2N3. The zero-order valence-corrected chi connectivity index (χ0v) is 11.1. The summed E-state index contributed by atoms with van der Waals surface area (Å²) in [6.45, 7) is 0.655. The first-order chi connectivity index (χ1) is 9.70. The predicted octanol–water partition coefficient (Wildman–Crippen LogP) is 3.39. The van der Waals surface area contributed by atoms with Crippen LogP contribution in [0.25, 0.3) is 11.3 Å². The first-order valence-electron chi connectivity index (χ1n) is 6.94. The molecule has 1 fully saturated rings. The van der Waals surface area contributed by atoms with Crippen molar-refractivity contribution in [1.29, 1.82) is 0 Å². The van der Waals surface area contributed by atoms with Gasteiger partial charge in [0.1, 0.15) is 17.5 Å². The second kappa shape index (κ2) is 5.71. The molecule has 5 heteroatoms. The van der Waals surface area contributed by atoms with E-state index in [1.807, 2.05) is 0 Å². The molecule has 1 aromatic carbocycles. The maximum atomic E-state index is 13.2. The van der Waals surface area contributed by atoms with Crippen LogP contribution in [0.2, 0.25) is 0 Å². The van der Waals surface area contributed by atoms with Gasteiger partial charge in [-0.25, -0.2) is 13.8 Å². The highest BCUT2D eigenvalue weighted by Crippen LogP contribution is 2.21. The molecule has 0 spiro atoms. The van der Waals surface area contributed by atoms with Crippen molar-refractivity contribution in [2.24, 2.45) is 0 Å². The average molecular weight is 277 g/mol. The summed E-state index contributed by atoms with van der Waals surface area (Å²) >= 11 is 0. The Balaban J connectivity index is 1.69. The number of H-pyrrole nitrogens is 1. The van der Waals surface area contributed by atoms with Crippen LogP contribution in [0.3, 0.4) is 0 Å². The van der Waals surface area contributed by atoms with E-state index in [1.165, 1.54) is 37.8 Å². The molecule has 0 aliphatic heterocycles. The van der Waals surface area contributed by atoms with Crippen molar-refractivity contribution in [2.45, 2.75) is 38.3 Å². The fourth-order valence-electron chi connectivity index (χ4n) is 2.68. The highest BCUT2D eigenvalue weighted by Gasteiger charge is 2.14. The maximum Gasteiger partial charge on any atom is 0.126 e. The van der Waals surface area contributed by atoms with Crippen LogP contribution in [-0.4, -0.2) is 16.0 Å². The van der Waals surface area contributed by atoms with Gasteiger partial charge in [-0.15, -0.1) is 0 Å². The summed E-state index contributed by atoms with van der Waals surface area (Å²) in [5.41, 5.74) is 1.11. The van der Waals surface area contributed by atoms with Gasteiger partial charge >= 0.3 is 0 Å². The van der Waals surface area contributed by atoms with Crippen LogP contribution in [-0.2, 0) is 6.54 Å². The summed E-state index contributed by atoms with van der Waals surface area (Å²) < 4.78 is 26.4. The second-order valence-corrected chi connectivity index (χ2v) is 5.26. The Hall–Kier alpha value is -1.75. The third kappa shape index (κ3) is 3.04. The van der Waals surface area contributed by atoms with E-state index in [1.54, 1.807) is 6.20 Å². The van der Waals surface area contributed by atoms with Gasteiger partial charge in [-0.1, -0.05) is 12.8 Å². The van der Waals surface area contributed by atoms with Crippen LogP contribution >= 0.6 is 0 Å². The van der Waals surface area contributed by atoms with E-state index in [2.05, 4.69) is 15.3 Å². The molecule has 1 saturated carbocycles. The lowest BCUT2D eigenvalue weighted by Crippen LogP contribution is -2.25. The zero-order valence-electron chi connectivity index (χ0n) is 11.1. The number of benzene rings is 1. The van der Waals surface area contributed by atoms with Crippen molar-refractivity contribution >= 4 is 0 Å². The summed E-state index contributed by atoms with van der Waals surface area (Å²) in [7, 11) is 0. The van der Waals surface area contributed by atoms with Crippen LogP contribution in [0.15, 0.2) is 24.4 Å². The molecule has 20 heavy (non-hydrogen) atoms. The topological polar surface area (TPSA) is 40.7 Å². The molecule has 1 aromatic heterocycles. The normalized spacial score (nSPS) is 15.9. The summed E-state index contributed by atoms with van der Waals surface area (Å²) in [6, 6.07) is 4.02. The van der Waals surface area contributed by atoms with Crippen molar-refractivity contribution in [2.75, 3.05) is 0 Å². The van der Waals surface area contributed by atoms with E-state index in [4.69, 9.17) is 0 Å². The lowest BCUT2D eigenvalue weighted by atomic mass is 10.1. The van der Waals surface area contributed by atoms with E-state index in [0.29, 0.717) is 23.8 Å². The summed E-state index contributed by atoms with van der Waals surface area (Å²) in [5, 5.41) is 3.44. The highest BCUT2D eigenvalue weighted by atomic mass is 19.1. The van der Waals surface area contributed by atoms with E-state index in [9.17, 15) is 8.78 Å². The first-order valence-corrected chi connectivity index (χ1v) is 6.94. The molecule has 1 aliphatic carbocycles. The van der Waals surface area contributed by atoms with Gasteiger partial charge in [0.05, 0.1) is 18.4 Å². The van der Waals surface area contributed by atoms with Crippen molar-refractivity contribution in [3.05, 3.63) is 41.9 Å². The molecule has 0 radical (unpaired) electrons. The average Bonchev–Trinajstić information content (AvgIpc) is 3.07. The summed E-state index contributed by atoms with van der Waals surface area (Å²) in [6.07, 6.45) is 6.60. The largest absolute Gasteiger partial charge is 0.341 e. The number of aromatic amines is 1. The van der Waals surface area contributed by atoms with E-state index in [0.717, 1.165) is 11.9 Å². The SMILES string of the molecule is Fc1cc(F)cc(-c2cnc(CNC3CCCC3)[nH]2)c1. The molecule has 0 bridgehead atoms. The number of aromatic nitrogens is 2. The van der Waals surface area contributed by atoms with Gasteiger partial charge in [0.25, 0.3) is 0 Å². The molecule has 0 unspecified atom stereocenters. The maximum absolute atomic E-state index is 13.2. The number of nitrogens with zero attached hydrogens (tertiary/aromatic N) is 1. The Labute approximate surface area is 116 Å². The fraction of sp³-hybridized carbons (Fsp3) is 0.400. The van der Waals surface area contributed by atoms with Gasteiger partial charge in [-0.2, -0.15) is 0 Å². The number of hydrogen-bond donors (Lipinski definition) is 2. The minimum Gasteiger partial charge on any atom is -0.341 e. The number of nitrogens with one attached hydrogen (secondary N) is 2. The number of rotatable bonds is 4. The van der Waals surface area contributed by atoms with Crippen molar-refractivity contribution < 1.29 is 8.78 Å². The van der Waals surface area contributed by atoms with E-state index >= 15 is 0 Å². The minimum atomic E-state index is -0.583. The molecule has 106 valence electrons. The van der Waals surface area contributed by atoms with Crippen LogP contribution < -0.4 is 5.32 Å². The lowest BCUT2D eigenvalue weighted by molar-refractivity contribution is 0.515. The Kier molecular flexibility index (Phi) is 3.78. The molecule has 3 nitrogen and oxygen atoms in total. The third-order valence-corrected chi connectivity index (χ3v) is 3.72. The third-order valence-electron chi connectivity index (χ3n) is 3.72. The molecule has 1 aliphatic rings. The highest BCUT2D eigenvalue weighted by molar-refractivity contribution is 5.58. The Morgan fingerprint density at radius 2 is 1.85 bits per heavy atom. The van der Waals surface area contributed by atoms with Crippen molar-refractivity contribution in [3.63, 3.8) is 0 Å². The van der Waals surface area contributed by atoms with Crippen LogP contribution in [0.4, 0.5) is 8.78 Å². The summed E-state index contributed by atoms with van der Waals surface area (Å²) in [5.74, 6) is -0.378. The van der Waals surface area contributed by atoms with E-state index < -0.39 is 11.6 Å². The summed E-state index contributed by atoms with van der Waals surface area (Å²) in [4.78, 5) is 7.35. The molecule has 3 rings (SSSR count). The molecule has 1 heterocycles. The zero-order chi connectivity index (χ0) is 13.9. The minimum absolute atomic E-state index is 0.474. The van der Waals surface area contributed by atoms with Gasteiger partial charge in [0.15, 0.2) is 0 Å². The molecule has 0 atom stereocenters. The van der Waals surface area contributed by atoms with Crippen LogP contribution in [0.1, 0.15) is 31.5 Å². The predicted molar refractivity (Wildman–Crippen MR) is 73.0 cm³/mol. The number of imidazole rings is 1. The van der Waals surface area contributed by atoms with Gasteiger partial charge in [-0.3, -0.25) is 0 Å². The van der Waals surface area contributed by atoms with Crippen molar-refractivity contribution in [3.8, 4) is 11.3 Å². The van der Waals surface area contributed by atoms with E-state index in [-0.39, 0.29) is 0 Å². The van der Waals surface area contributed by atoms with Gasteiger partial charge in [0.2, 0.25) is 0 Å². The lowest BCUT2D eigenvalue weighted by Gasteiger charge is -2.09. The molecule has 0 saturated heterocycles. The Bertz CT molecular complexity index is 568. The Morgan fingerprint density at radius 1 is 1.15 bits per heavy atom. The Morgan fingerprint density at radius 3 is 2.55 bits per heavy atom. The number of halogens is 2. The molecular weight excluding hydrogens is 260 g/mol. The quantitative estimate of drug-likeness (QED) is 0.899. The van der Waals surface area contributed by atoms with Gasteiger partial charge in [0, 0.05) is 17.7 Å². The second-order valence-electron chi connectivity index (χ2n) is 5.26. The molecule has 0 amide bonds. The molecule has 2 N–H and O–H groups in total. The fourth-order valence-corrected chi connectivity index (χ4v) is 2.68. The standard InChI is InChI=1S/C15H17F2N3/c16-11-5-10(6-12(17)7-11)14-8-19-15(20-14)9-18-13-3-1-2-4-13/h5-8,13,18H,1-4,9H2,(H,19,20). The monoisotopic (exact) mass is 277 g/mol. The van der Waals surface area contributed by atoms with Crippen LogP contribution in [0.5, 0.6) is 0 Å². The van der Waals surface area contributed by atoms with Crippen LogP contribution in [0, 0.1) is 11.6 Å². The molecule has 2 aromatic rings. The van der Waals surface area contributed by atoms with Gasteiger partial charge in [-0.05, 0) is 25.0 Å². The smallest absolute Gasteiger partial charge is 0.126 e. The number of hydrogen-bond acceptors (Lipinski definition) is 2. The van der Waals surface area contributed by atoms with Crippen molar-refractivity contribution in [1.82, 2.24) is 15.3 Å².